The van der Waals surface area contributed by atoms with Crippen LogP contribution >= 0.6 is 0 Å². The largest absolute Gasteiger partial charge is 0.481 e. The first-order valence-corrected chi connectivity index (χ1v) is 4.71. The van der Waals surface area contributed by atoms with Gasteiger partial charge in [0.1, 0.15) is 11.7 Å². The van der Waals surface area contributed by atoms with Gasteiger partial charge in [0.2, 0.25) is 0 Å². The summed E-state index contributed by atoms with van der Waals surface area (Å²) in [6.45, 7) is 2.29. The molecular weight excluding hydrogens is 199 g/mol. The molecule has 0 heterocycles. The van der Waals surface area contributed by atoms with Gasteiger partial charge in [0, 0.05) is 6.61 Å². The molecule has 0 radical (unpaired) electrons. The normalized spacial score (nSPS) is 12.4. The van der Waals surface area contributed by atoms with Crippen molar-refractivity contribution in [3.8, 4) is 0 Å². The lowest BCUT2D eigenvalue weighted by molar-refractivity contribution is -0.140. The number of hydrogen-bond acceptors (Lipinski definition) is 2. The zero-order chi connectivity index (χ0) is 11.3. The van der Waals surface area contributed by atoms with Crippen LogP contribution in [0.4, 0.5) is 4.39 Å². The Morgan fingerprint density at radius 3 is 2.87 bits per heavy atom. The molecule has 0 aliphatic carbocycles. The molecule has 1 atom stereocenters. The molecule has 0 saturated carbocycles. The molecule has 0 aliphatic heterocycles. The van der Waals surface area contributed by atoms with Gasteiger partial charge < -0.3 is 9.84 Å². The monoisotopic (exact) mass is 212 g/mol. The van der Waals surface area contributed by atoms with Crippen molar-refractivity contribution in [2.45, 2.75) is 12.8 Å². The van der Waals surface area contributed by atoms with Gasteiger partial charge in [-0.3, -0.25) is 4.79 Å². The Hall–Kier alpha value is -1.42. The lowest BCUT2D eigenvalue weighted by Gasteiger charge is -2.12. The van der Waals surface area contributed by atoms with Crippen LogP contribution in [0.1, 0.15) is 18.4 Å². The predicted molar refractivity (Wildman–Crippen MR) is 53.3 cm³/mol. The highest BCUT2D eigenvalue weighted by atomic mass is 19.1. The fourth-order valence-electron chi connectivity index (χ4n) is 1.27. The SMILES string of the molecule is CCOCC(C(=O)O)c1cccc(F)c1. The van der Waals surface area contributed by atoms with Crippen molar-refractivity contribution in [3.05, 3.63) is 35.6 Å². The fraction of sp³-hybridized carbons (Fsp3) is 0.364. The number of carboxylic acid groups (broad SMARTS) is 1. The molecule has 0 fully saturated rings. The van der Waals surface area contributed by atoms with Crippen molar-refractivity contribution in [3.63, 3.8) is 0 Å². The highest BCUT2D eigenvalue weighted by Crippen LogP contribution is 2.17. The molecule has 82 valence electrons. The average molecular weight is 212 g/mol. The number of rotatable bonds is 5. The van der Waals surface area contributed by atoms with Gasteiger partial charge in [0.05, 0.1) is 6.61 Å². The van der Waals surface area contributed by atoms with Gasteiger partial charge in [-0.15, -0.1) is 0 Å². The number of halogens is 1. The number of ether oxygens (including phenoxy) is 1. The van der Waals surface area contributed by atoms with E-state index in [-0.39, 0.29) is 6.61 Å². The first kappa shape index (κ1) is 11.7. The first-order chi connectivity index (χ1) is 7.15. The fourth-order valence-corrected chi connectivity index (χ4v) is 1.27. The van der Waals surface area contributed by atoms with Gasteiger partial charge in [-0.05, 0) is 24.6 Å². The van der Waals surface area contributed by atoms with Crippen LogP contribution in [0.15, 0.2) is 24.3 Å². The third-order valence-electron chi connectivity index (χ3n) is 2.04. The lowest BCUT2D eigenvalue weighted by atomic mass is 10.0. The van der Waals surface area contributed by atoms with Gasteiger partial charge in [0.15, 0.2) is 0 Å². The number of carboxylic acids is 1. The molecule has 1 aromatic rings. The number of carbonyl (C=O) groups is 1. The second-order valence-corrected chi connectivity index (χ2v) is 3.11. The number of benzene rings is 1. The minimum absolute atomic E-state index is 0.0648. The Kier molecular flexibility index (Phi) is 4.24. The van der Waals surface area contributed by atoms with Crippen molar-refractivity contribution in [1.82, 2.24) is 0 Å². The number of hydrogen-bond donors (Lipinski definition) is 1. The quantitative estimate of drug-likeness (QED) is 0.812. The van der Waals surface area contributed by atoms with Crippen LogP contribution in [0.5, 0.6) is 0 Å². The molecule has 0 amide bonds. The minimum Gasteiger partial charge on any atom is -0.481 e. The third kappa shape index (κ3) is 3.32. The molecule has 1 rings (SSSR count). The molecule has 0 aromatic heterocycles. The maximum Gasteiger partial charge on any atom is 0.313 e. The highest BCUT2D eigenvalue weighted by molar-refractivity contribution is 5.76. The zero-order valence-corrected chi connectivity index (χ0v) is 8.44. The Morgan fingerprint density at radius 2 is 2.33 bits per heavy atom. The van der Waals surface area contributed by atoms with E-state index in [0.717, 1.165) is 0 Å². The molecule has 0 spiro atoms. The van der Waals surface area contributed by atoms with E-state index in [2.05, 4.69) is 0 Å². The van der Waals surface area contributed by atoms with Crippen molar-refractivity contribution < 1.29 is 19.0 Å². The van der Waals surface area contributed by atoms with E-state index in [1.165, 1.54) is 18.2 Å². The Labute approximate surface area is 87.5 Å². The van der Waals surface area contributed by atoms with E-state index in [1.54, 1.807) is 13.0 Å². The summed E-state index contributed by atoms with van der Waals surface area (Å²) in [7, 11) is 0. The second-order valence-electron chi connectivity index (χ2n) is 3.11. The molecular formula is C11H13FO3. The molecule has 1 N–H and O–H groups in total. The molecule has 3 nitrogen and oxygen atoms in total. The smallest absolute Gasteiger partial charge is 0.313 e. The summed E-state index contributed by atoms with van der Waals surface area (Å²) in [6, 6.07) is 5.58. The van der Waals surface area contributed by atoms with Gasteiger partial charge in [-0.25, -0.2) is 4.39 Å². The van der Waals surface area contributed by atoms with Crippen LogP contribution in [0, 0.1) is 5.82 Å². The summed E-state index contributed by atoms with van der Waals surface area (Å²) in [4.78, 5) is 10.9. The lowest BCUT2D eigenvalue weighted by Crippen LogP contribution is -2.17. The predicted octanol–water partition coefficient (Wildman–Crippen LogP) is 2.03. The van der Waals surface area contributed by atoms with E-state index < -0.39 is 17.7 Å². The molecule has 1 unspecified atom stereocenters. The minimum atomic E-state index is -1.01. The summed E-state index contributed by atoms with van der Waals surface area (Å²) in [5.74, 6) is -2.25. The molecule has 0 saturated heterocycles. The topological polar surface area (TPSA) is 46.5 Å². The van der Waals surface area contributed by atoms with Crippen molar-refractivity contribution >= 4 is 5.97 Å². The van der Waals surface area contributed by atoms with Gasteiger partial charge >= 0.3 is 5.97 Å². The Morgan fingerprint density at radius 1 is 1.60 bits per heavy atom. The van der Waals surface area contributed by atoms with E-state index >= 15 is 0 Å². The van der Waals surface area contributed by atoms with E-state index in [9.17, 15) is 9.18 Å². The van der Waals surface area contributed by atoms with Crippen LogP contribution in [0.3, 0.4) is 0 Å². The van der Waals surface area contributed by atoms with Crippen molar-refractivity contribution in [2.24, 2.45) is 0 Å². The molecule has 4 heteroatoms. The van der Waals surface area contributed by atoms with Crippen LogP contribution in [0.25, 0.3) is 0 Å². The van der Waals surface area contributed by atoms with Crippen molar-refractivity contribution in [2.75, 3.05) is 13.2 Å². The van der Waals surface area contributed by atoms with Crippen LogP contribution in [-0.4, -0.2) is 24.3 Å². The summed E-state index contributed by atoms with van der Waals surface area (Å²) >= 11 is 0. The summed E-state index contributed by atoms with van der Waals surface area (Å²) in [5.41, 5.74) is 0.427. The Balaban J connectivity index is 2.84. The molecule has 0 aliphatic rings. The van der Waals surface area contributed by atoms with Gasteiger partial charge in [-0.1, -0.05) is 12.1 Å². The second kappa shape index (κ2) is 5.46. The zero-order valence-electron chi connectivity index (χ0n) is 8.44. The standard InChI is InChI=1S/C11H13FO3/c1-2-15-7-10(11(13)14)8-4-3-5-9(12)6-8/h3-6,10H,2,7H2,1H3,(H,13,14). The number of aliphatic carboxylic acids is 1. The molecule has 0 bridgehead atoms. The molecule has 15 heavy (non-hydrogen) atoms. The summed E-state index contributed by atoms with van der Waals surface area (Å²) in [5, 5.41) is 8.94. The Bertz CT molecular complexity index is 338. The van der Waals surface area contributed by atoms with Gasteiger partial charge in [0.25, 0.3) is 0 Å². The van der Waals surface area contributed by atoms with Gasteiger partial charge in [-0.2, -0.15) is 0 Å². The van der Waals surface area contributed by atoms with Crippen LogP contribution < -0.4 is 0 Å². The molecule has 1 aromatic carbocycles. The third-order valence-corrected chi connectivity index (χ3v) is 2.04. The van der Waals surface area contributed by atoms with Crippen LogP contribution in [-0.2, 0) is 9.53 Å². The first-order valence-electron chi connectivity index (χ1n) is 4.71. The van der Waals surface area contributed by atoms with Crippen molar-refractivity contribution in [1.29, 1.82) is 0 Å². The van der Waals surface area contributed by atoms with E-state index in [0.29, 0.717) is 12.2 Å². The summed E-state index contributed by atoms with van der Waals surface area (Å²) < 4.78 is 17.9. The summed E-state index contributed by atoms with van der Waals surface area (Å²) in [6.07, 6.45) is 0. The average Bonchev–Trinajstić information content (AvgIpc) is 2.18. The maximum atomic E-state index is 12.9. The highest BCUT2D eigenvalue weighted by Gasteiger charge is 2.20. The van der Waals surface area contributed by atoms with E-state index in [4.69, 9.17) is 9.84 Å². The van der Waals surface area contributed by atoms with Crippen LogP contribution in [0.2, 0.25) is 0 Å². The maximum absolute atomic E-state index is 12.9. The van der Waals surface area contributed by atoms with E-state index in [1.807, 2.05) is 0 Å².